The van der Waals surface area contributed by atoms with Crippen LogP contribution in [0.1, 0.15) is 113 Å². The smallest absolute Gasteiger partial charge is 0.407 e. The van der Waals surface area contributed by atoms with Crippen molar-refractivity contribution in [2.24, 2.45) is 29.4 Å². The molecule has 3 aliphatic heterocycles. The van der Waals surface area contributed by atoms with Crippen LogP contribution in [-0.4, -0.2) is 176 Å². The summed E-state index contributed by atoms with van der Waals surface area (Å²) in [6.07, 6.45) is -9.07. The third-order valence-corrected chi connectivity index (χ3v) is 16.9. The number of rotatable bonds is 14. The Hall–Kier alpha value is -1.46. The average Bonchev–Trinajstić information content (AvgIpc) is 3.62. The molecule has 0 aliphatic carbocycles. The number of aliphatic hydroxyl groups excluding tert-OH is 2. The monoisotopic (exact) mass is 1030 g/mol. The van der Waals surface area contributed by atoms with Crippen molar-refractivity contribution in [3.63, 3.8) is 0 Å². The minimum absolute atomic E-state index is 0.0514. The molecule has 0 radical (unpaired) electrons. The molecule has 20 atom stereocenters. The van der Waals surface area contributed by atoms with E-state index in [-0.39, 0.29) is 43.5 Å². The Bertz CT molecular complexity index is 1780. The van der Waals surface area contributed by atoms with E-state index in [1.807, 2.05) is 78.6 Å². The molecule has 3 aliphatic rings. The van der Waals surface area contributed by atoms with Crippen LogP contribution in [0.4, 0.5) is 4.79 Å². The number of hydrogen-bond acceptors (Lipinski definition) is 17. The Morgan fingerprint density at radius 3 is 2.16 bits per heavy atom. The van der Waals surface area contributed by atoms with Gasteiger partial charge in [0.2, 0.25) is 0 Å². The molecule has 4 rings (SSSR count). The molecule has 0 spiro atoms. The van der Waals surface area contributed by atoms with Gasteiger partial charge >= 0.3 is 12.1 Å². The fourth-order valence-electron chi connectivity index (χ4n) is 10.6. The van der Waals surface area contributed by atoms with Gasteiger partial charge in [-0.05, 0) is 101 Å². The first kappa shape index (κ1) is 59.1. The van der Waals surface area contributed by atoms with Crippen LogP contribution in [0, 0.1) is 23.7 Å². The number of alkyl carbamates (subject to hydrolysis) is 1. The van der Waals surface area contributed by atoms with Gasteiger partial charge in [-0.25, -0.2) is 4.79 Å². The molecular formula is C48H84Cl2N4O13S. The standard InChI is InChI=1S/C48H84Cl2N4O13S/c1-17-33-48(11,59)39(56)26(4)36(51)24(2)22-46(9,60-15)40(66-44-37(55)32(53(12)13)20-25(3)62-44)27(5)38(28(6)43(57)64-33)65-35-23-47(10,61-16)41(30(8)63-35)67-45(58)52-18-19-54(14)29(7)31-21-34(49)68-42(31)50/h21,24-30,32-33,35-41,44,55-56,59H,17-20,22-23,51H2,1-16H3,(H,52,58)/t24-,25-,26+,27+,28-,29?,30+,32+,33-,35+,36+,37-,38+,39-,40-,41+,44+,46-,47-,48-/m1/s1. The van der Waals surface area contributed by atoms with Crippen molar-refractivity contribution in [1.29, 1.82) is 0 Å². The Labute approximate surface area is 419 Å². The van der Waals surface area contributed by atoms with Gasteiger partial charge in [-0.15, -0.1) is 11.3 Å². The molecule has 17 nitrogen and oxygen atoms in total. The van der Waals surface area contributed by atoms with Gasteiger partial charge < -0.3 is 69.2 Å². The van der Waals surface area contributed by atoms with Crippen LogP contribution in [0.15, 0.2) is 6.07 Å². The number of esters is 1. The zero-order valence-electron chi connectivity index (χ0n) is 43.2. The first-order valence-electron chi connectivity index (χ1n) is 24.1. The number of thiophene rings is 1. The summed E-state index contributed by atoms with van der Waals surface area (Å²) in [5, 5.41) is 38.3. The largest absolute Gasteiger partial charge is 0.459 e. The maximum absolute atomic E-state index is 14.6. The number of hydrogen-bond donors (Lipinski definition) is 5. The third kappa shape index (κ3) is 13.6. The second-order valence-electron chi connectivity index (χ2n) is 20.7. The molecule has 1 aromatic rings. The fraction of sp³-hybridized carbons (Fsp3) is 0.875. The summed E-state index contributed by atoms with van der Waals surface area (Å²) in [6, 6.07) is 0.854. The number of nitrogens with one attached hydrogen (secondary N) is 1. The van der Waals surface area contributed by atoms with Crippen molar-refractivity contribution in [2.45, 2.75) is 198 Å². The molecule has 4 heterocycles. The Balaban J connectivity index is 1.68. The van der Waals surface area contributed by atoms with E-state index in [9.17, 15) is 24.9 Å². The Kier molecular flexibility index (Phi) is 21.3. The number of halogens is 2. The van der Waals surface area contributed by atoms with Crippen molar-refractivity contribution in [3.05, 3.63) is 20.3 Å². The van der Waals surface area contributed by atoms with E-state index < -0.39 is 108 Å². The second-order valence-corrected chi connectivity index (χ2v) is 23.0. The summed E-state index contributed by atoms with van der Waals surface area (Å²) < 4.78 is 52.7. The van der Waals surface area contributed by atoms with Gasteiger partial charge in [0, 0.05) is 69.3 Å². The highest BCUT2D eigenvalue weighted by Crippen LogP contribution is 2.43. The van der Waals surface area contributed by atoms with Gasteiger partial charge in [0.15, 0.2) is 18.7 Å². The first-order valence-corrected chi connectivity index (χ1v) is 25.7. The lowest BCUT2D eigenvalue weighted by Crippen LogP contribution is -2.62. The lowest BCUT2D eigenvalue weighted by atomic mass is 9.72. The van der Waals surface area contributed by atoms with E-state index in [4.69, 9.17) is 66.8 Å². The highest BCUT2D eigenvalue weighted by atomic mass is 35.5. The Morgan fingerprint density at radius 1 is 0.985 bits per heavy atom. The second kappa shape index (κ2) is 24.5. The van der Waals surface area contributed by atoms with Gasteiger partial charge in [0.1, 0.15) is 23.4 Å². The van der Waals surface area contributed by atoms with E-state index in [2.05, 4.69) is 5.32 Å². The van der Waals surface area contributed by atoms with Crippen molar-refractivity contribution in [1.82, 2.24) is 15.1 Å². The topological polar surface area (TPSA) is 213 Å². The van der Waals surface area contributed by atoms with Crippen LogP contribution >= 0.6 is 34.5 Å². The molecule has 3 fully saturated rings. The van der Waals surface area contributed by atoms with Crippen molar-refractivity contribution < 1.29 is 62.8 Å². The lowest BCUT2D eigenvalue weighted by molar-refractivity contribution is -0.319. The van der Waals surface area contributed by atoms with Crippen molar-refractivity contribution in [2.75, 3.05) is 48.5 Å². The van der Waals surface area contributed by atoms with Crippen molar-refractivity contribution >= 4 is 46.6 Å². The van der Waals surface area contributed by atoms with Crippen LogP contribution in [0.2, 0.25) is 8.67 Å². The number of amides is 1. The van der Waals surface area contributed by atoms with E-state index in [1.165, 1.54) is 25.4 Å². The molecule has 20 heteroatoms. The molecule has 68 heavy (non-hydrogen) atoms. The van der Waals surface area contributed by atoms with Gasteiger partial charge in [-0.2, -0.15) is 0 Å². The third-order valence-electron chi connectivity index (χ3n) is 15.4. The molecule has 0 aromatic carbocycles. The number of methoxy groups -OCH3 is 2. The lowest BCUT2D eigenvalue weighted by Gasteiger charge is -2.50. The molecule has 1 unspecified atom stereocenters. The number of nitrogens with two attached hydrogens (primary N) is 1. The number of cyclic esters (lactones) is 1. The quantitative estimate of drug-likeness (QED) is 0.135. The molecule has 1 aromatic heterocycles. The SMILES string of the molecule is CC[C@H]1OC(=O)[C@H](C)[C@@H](O[C@H]2C[C@@](C)(OC)[C@@H](OC(=O)NCCN(C)C(C)c3cc(Cl)sc3Cl)[C@H](C)O2)[C@H](C)[C@@H](O[C@@H]2O[C@H](C)C[C@H](N(C)C)[C@H]2O)[C@](C)(OC)C[C@@H](C)[C@H](N)[C@H](C)[C@@H](O)[C@]1(C)O. The number of nitrogens with zero attached hydrogens (tertiary/aromatic N) is 2. The van der Waals surface area contributed by atoms with Gasteiger partial charge in [0.25, 0.3) is 0 Å². The van der Waals surface area contributed by atoms with E-state index in [0.717, 1.165) is 5.56 Å². The molecule has 1 amide bonds. The van der Waals surface area contributed by atoms with Gasteiger partial charge in [-0.1, -0.05) is 50.9 Å². The summed E-state index contributed by atoms with van der Waals surface area (Å²) in [7, 11) is 8.81. The Morgan fingerprint density at radius 2 is 1.60 bits per heavy atom. The molecule has 0 saturated carbocycles. The highest BCUT2D eigenvalue weighted by molar-refractivity contribution is 7.20. The summed E-state index contributed by atoms with van der Waals surface area (Å²) in [5.74, 6) is -3.41. The summed E-state index contributed by atoms with van der Waals surface area (Å²) in [4.78, 5) is 31.9. The minimum atomic E-state index is -1.87. The maximum Gasteiger partial charge on any atom is 0.407 e. The van der Waals surface area contributed by atoms with Gasteiger partial charge in [0.05, 0.1) is 50.7 Å². The normalized spacial score (nSPS) is 41.8. The fourth-order valence-corrected chi connectivity index (χ4v) is 12.2. The van der Waals surface area contributed by atoms with Crippen molar-refractivity contribution in [3.8, 4) is 0 Å². The molecular weight excluding hydrogens is 944 g/mol. The van der Waals surface area contributed by atoms with Crippen LogP contribution in [0.3, 0.4) is 0 Å². The summed E-state index contributed by atoms with van der Waals surface area (Å²) >= 11 is 13.9. The van der Waals surface area contributed by atoms with Crippen LogP contribution in [0.25, 0.3) is 0 Å². The number of likely N-dealkylation sites (N-methyl/N-ethyl adjacent to an activating group) is 2. The molecule has 3 saturated heterocycles. The van der Waals surface area contributed by atoms with E-state index in [0.29, 0.717) is 28.1 Å². The van der Waals surface area contributed by atoms with E-state index in [1.54, 1.807) is 34.8 Å². The first-order chi connectivity index (χ1) is 31.6. The van der Waals surface area contributed by atoms with Gasteiger partial charge in [-0.3, -0.25) is 9.69 Å². The number of ether oxygens (including phenoxy) is 8. The van der Waals surface area contributed by atoms with Crippen LogP contribution in [-0.2, 0) is 42.7 Å². The predicted octanol–water partition coefficient (Wildman–Crippen LogP) is 5.99. The van der Waals surface area contributed by atoms with Crippen LogP contribution in [0.5, 0.6) is 0 Å². The minimum Gasteiger partial charge on any atom is -0.459 e. The molecule has 394 valence electrons. The number of carbonyl (C=O) groups is 2. The number of carbonyl (C=O) groups excluding carboxylic acids is 2. The van der Waals surface area contributed by atoms with Crippen LogP contribution < -0.4 is 11.1 Å². The molecule has 6 N–H and O–H groups in total. The molecule has 0 bridgehead atoms. The summed E-state index contributed by atoms with van der Waals surface area (Å²) in [5.41, 5.74) is 3.65. The highest BCUT2D eigenvalue weighted by Gasteiger charge is 2.55. The predicted molar refractivity (Wildman–Crippen MR) is 262 cm³/mol. The maximum atomic E-state index is 14.6. The zero-order chi connectivity index (χ0) is 51.4. The van der Waals surface area contributed by atoms with E-state index >= 15 is 0 Å². The zero-order valence-corrected chi connectivity index (χ0v) is 45.5. The average molecular weight is 1030 g/mol. The number of aliphatic hydroxyl groups is 3. The summed E-state index contributed by atoms with van der Waals surface area (Å²) in [6.45, 7) is 20.7.